The molecule has 0 fully saturated rings. The van der Waals surface area contributed by atoms with Crippen LogP contribution in [0.4, 0.5) is 5.69 Å². The summed E-state index contributed by atoms with van der Waals surface area (Å²) in [4.78, 5) is 11.6. The zero-order chi connectivity index (χ0) is 16.7. The van der Waals surface area contributed by atoms with Gasteiger partial charge in [0.2, 0.25) is 5.91 Å². The first-order chi connectivity index (χ1) is 10.9. The molecule has 0 radical (unpaired) electrons. The molecule has 2 rings (SSSR count). The minimum absolute atomic E-state index is 0.0505. The first-order valence-electron chi connectivity index (χ1n) is 7.17. The van der Waals surface area contributed by atoms with Crippen molar-refractivity contribution < 1.29 is 17.9 Å². The number of carbonyl (C=O) groups is 1. The highest BCUT2D eigenvalue weighted by molar-refractivity contribution is 7.90. The van der Waals surface area contributed by atoms with E-state index in [1.54, 1.807) is 24.3 Å². The molecule has 0 unspecified atom stereocenters. The molecular formula is C17H19NO4S. The molecule has 0 aliphatic heterocycles. The maximum atomic E-state index is 11.6. The van der Waals surface area contributed by atoms with Gasteiger partial charge in [-0.2, -0.15) is 0 Å². The van der Waals surface area contributed by atoms with Gasteiger partial charge in [0.05, 0.1) is 5.75 Å². The van der Waals surface area contributed by atoms with E-state index < -0.39 is 9.84 Å². The monoisotopic (exact) mass is 333 g/mol. The van der Waals surface area contributed by atoms with E-state index in [9.17, 15) is 13.2 Å². The van der Waals surface area contributed by atoms with Gasteiger partial charge in [-0.3, -0.25) is 4.79 Å². The van der Waals surface area contributed by atoms with Gasteiger partial charge in [0.15, 0.2) is 0 Å². The minimum Gasteiger partial charge on any atom is -0.489 e. The van der Waals surface area contributed by atoms with E-state index in [0.717, 1.165) is 11.8 Å². The Hall–Kier alpha value is -2.34. The van der Waals surface area contributed by atoms with E-state index in [0.29, 0.717) is 18.0 Å². The van der Waals surface area contributed by atoms with Gasteiger partial charge in [-0.05, 0) is 29.8 Å². The van der Waals surface area contributed by atoms with E-state index in [4.69, 9.17) is 4.74 Å². The summed E-state index contributed by atoms with van der Waals surface area (Å²) in [5.41, 5.74) is 1.68. The van der Waals surface area contributed by atoms with Gasteiger partial charge < -0.3 is 10.1 Å². The summed E-state index contributed by atoms with van der Waals surface area (Å²) < 4.78 is 27.7. The van der Waals surface area contributed by atoms with Gasteiger partial charge in [0.25, 0.3) is 0 Å². The number of amides is 1. The van der Waals surface area contributed by atoms with Crippen LogP contribution in [-0.4, -0.2) is 26.3 Å². The first-order valence-corrected chi connectivity index (χ1v) is 9.23. The SMILES string of the molecule is CS(=O)(=O)CCC(=O)Nc1ccc(OCc2ccccc2)cc1. The first kappa shape index (κ1) is 17.0. The second-order valence-corrected chi connectivity index (χ2v) is 7.49. The Morgan fingerprint density at radius 2 is 1.70 bits per heavy atom. The van der Waals surface area contributed by atoms with Crippen LogP contribution in [0.15, 0.2) is 54.6 Å². The lowest BCUT2D eigenvalue weighted by molar-refractivity contribution is -0.115. The van der Waals surface area contributed by atoms with Crippen LogP contribution in [0.5, 0.6) is 5.75 Å². The quantitative estimate of drug-likeness (QED) is 0.845. The lowest BCUT2D eigenvalue weighted by Gasteiger charge is -2.08. The molecule has 1 N–H and O–H groups in total. The summed E-state index contributed by atoms with van der Waals surface area (Å²) in [5, 5.41) is 2.66. The molecule has 0 saturated carbocycles. The third-order valence-electron chi connectivity index (χ3n) is 3.09. The lowest BCUT2D eigenvalue weighted by atomic mass is 10.2. The van der Waals surface area contributed by atoms with Gasteiger partial charge in [-0.1, -0.05) is 30.3 Å². The fourth-order valence-electron chi connectivity index (χ4n) is 1.88. The van der Waals surface area contributed by atoms with Crippen LogP contribution in [-0.2, 0) is 21.2 Å². The average Bonchev–Trinajstić information content (AvgIpc) is 2.53. The van der Waals surface area contributed by atoms with E-state index in [1.165, 1.54) is 0 Å². The van der Waals surface area contributed by atoms with E-state index >= 15 is 0 Å². The summed E-state index contributed by atoms with van der Waals surface area (Å²) in [6.07, 6.45) is 1.06. The van der Waals surface area contributed by atoms with Crippen molar-refractivity contribution in [2.45, 2.75) is 13.0 Å². The Balaban J connectivity index is 1.83. The Morgan fingerprint density at radius 3 is 2.30 bits per heavy atom. The van der Waals surface area contributed by atoms with Crippen molar-refractivity contribution in [2.24, 2.45) is 0 Å². The molecule has 0 spiro atoms. The second-order valence-electron chi connectivity index (χ2n) is 5.23. The molecule has 0 aromatic heterocycles. The third kappa shape index (κ3) is 6.52. The Labute approximate surface area is 136 Å². The molecule has 0 bridgehead atoms. The second kappa shape index (κ2) is 7.78. The lowest BCUT2D eigenvalue weighted by Crippen LogP contribution is -2.16. The van der Waals surface area contributed by atoms with Crippen molar-refractivity contribution in [3.8, 4) is 5.75 Å². The fourth-order valence-corrected chi connectivity index (χ4v) is 2.43. The molecule has 2 aromatic rings. The topological polar surface area (TPSA) is 72.5 Å². The van der Waals surface area contributed by atoms with Gasteiger partial charge in [-0.15, -0.1) is 0 Å². The van der Waals surface area contributed by atoms with Crippen LogP contribution >= 0.6 is 0 Å². The predicted molar refractivity (Wildman–Crippen MR) is 90.2 cm³/mol. The van der Waals surface area contributed by atoms with Crippen molar-refractivity contribution >= 4 is 21.4 Å². The predicted octanol–water partition coefficient (Wildman–Crippen LogP) is 2.64. The highest BCUT2D eigenvalue weighted by Gasteiger charge is 2.08. The van der Waals surface area contributed by atoms with Crippen LogP contribution in [0.2, 0.25) is 0 Å². The summed E-state index contributed by atoms with van der Waals surface area (Å²) in [6, 6.07) is 16.8. The molecular weight excluding hydrogens is 314 g/mol. The average molecular weight is 333 g/mol. The highest BCUT2D eigenvalue weighted by Crippen LogP contribution is 2.17. The number of anilines is 1. The molecule has 0 aliphatic carbocycles. The number of sulfone groups is 1. The van der Waals surface area contributed by atoms with Crippen LogP contribution < -0.4 is 10.1 Å². The molecule has 1 amide bonds. The summed E-state index contributed by atoms with van der Waals surface area (Å²) in [6.45, 7) is 0.473. The van der Waals surface area contributed by atoms with Crippen molar-refractivity contribution in [1.29, 1.82) is 0 Å². The fraction of sp³-hybridized carbons (Fsp3) is 0.235. The van der Waals surface area contributed by atoms with Crippen LogP contribution in [0, 0.1) is 0 Å². The Kier molecular flexibility index (Phi) is 5.76. The summed E-state index contributed by atoms with van der Waals surface area (Å²) >= 11 is 0. The maximum absolute atomic E-state index is 11.6. The van der Waals surface area contributed by atoms with Crippen molar-refractivity contribution in [2.75, 3.05) is 17.3 Å². The Bertz CT molecular complexity index is 740. The van der Waals surface area contributed by atoms with Crippen molar-refractivity contribution in [1.82, 2.24) is 0 Å². The smallest absolute Gasteiger partial charge is 0.225 e. The number of rotatable bonds is 7. The summed E-state index contributed by atoms with van der Waals surface area (Å²) in [5.74, 6) is 0.216. The van der Waals surface area contributed by atoms with Crippen LogP contribution in [0.25, 0.3) is 0 Å². The molecule has 23 heavy (non-hydrogen) atoms. The number of carbonyl (C=O) groups excluding carboxylic acids is 1. The van der Waals surface area contributed by atoms with Gasteiger partial charge >= 0.3 is 0 Å². The highest BCUT2D eigenvalue weighted by atomic mass is 32.2. The third-order valence-corrected chi connectivity index (χ3v) is 4.03. The molecule has 2 aromatic carbocycles. The minimum atomic E-state index is -3.13. The number of hydrogen-bond donors (Lipinski definition) is 1. The van der Waals surface area contributed by atoms with E-state index in [1.807, 2.05) is 30.3 Å². The van der Waals surface area contributed by atoms with Crippen molar-refractivity contribution in [3.05, 3.63) is 60.2 Å². The van der Waals surface area contributed by atoms with E-state index in [2.05, 4.69) is 5.32 Å². The van der Waals surface area contributed by atoms with Crippen molar-refractivity contribution in [3.63, 3.8) is 0 Å². The normalized spacial score (nSPS) is 11.0. The largest absolute Gasteiger partial charge is 0.489 e. The summed E-state index contributed by atoms with van der Waals surface area (Å²) in [7, 11) is -3.13. The molecule has 122 valence electrons. The maximum Gasteiger partial charge on any atom is 0.225 e. The number of hydrogen-bond acceptors (Lipinski definition) is 4. The van der Waals surface area contributed by atoms with Gasteiger partial charge in [0.1, 0.15) is 22.2 Å². The number of nitrogens with one attached hydrogen (secondary N) is 1. The van der Waals surface area contributed by atoms with Crippen LogP contribution in [0.3, 0.4) is 0 Å². The Morgan fingerprint density at radius 1 is 1.04 bits per heavy atom. The molecule has 6 heteroatoms. The molecule has 0 atom stereocenters. The molecule has 5 nitrogen and oxygen atoms in total. The molecule has 0 heterocycles. The molecule has 0 aliphatic rings. The number of ether oxygens (including phenoxy) is 1. The standard InChI is InChI=1S/C17H19NO4S/c1-23(20,21)12-11-17(19)18-15-7-9-16(10-8-15)22-13-14-5-3-2-4-6-14/h2-10H,11-13H2,1H3,(H,18,19). The van der Waals surface area contributed by atoms with Crippen LogP contribution in [0.1, 0.15) is 12.0 Å². The molecule has 0 saturated heterocycles. The van der Waals surface area contributed by atoms with E-state index in [-0.39, 0.29) is 18.1 Å². The zero-order valence-electron chi connectivity index (χ0n) is 12.9. The van der Waals surface area contributed by atoms with Gasteiger partial charge in [-0.25, -0.2) is 8.42 Å². The van der Waals surface area contributed by atoms with Gasteiger partial charge in [0, 0.05) is 18.4 Å². The zero-order valence-corrected chi connectivity index (χ0v) is 13.7. The number of benzene rings is 2.